The molecule has 0 spiro atoms. The van der Waals surface area contributed by atoms with E-state index in [0.717, 1.165) is 52.1 Å². The fraction of sp³-hybridized carbons (Fsp3) is 0.200. The average Bonchev–Trinajstić information content (AvgIpc) is 3.26. The third kappa shape index (κ3) is 3.16. The number of aromatic nitrogens is 2. The topological polar surface area (TPSA) is 63.8 Å². The average molecular weight is 354 g/mol. The minimum absolute atomic E-state index is 0.224. The summed E-state index contributed by atoms with van der Waals surface area (Å²) in [6.45, 7) is 1.85. The number of nitrogens with one attached hydrogen (secondary N) is 3. The highest BCUT2D eigenvalue weighted by Gasteiger charge is 2.10. The van der Waals surface area contributed by atoms with Gasteiger partial charge in [0.05, 0.1) is 0 Å². The van der Waals surface area contributed by atoms with Gasteiger partial charge in [0.2, 0.25) is 0 Å². The number of hydrogen-bond acceptors (Lipinski definition) is 2. The van der Waals surface area contributed by atoms with Gasteiger partial charge in [0.15, 0.2) is 0 Å². The molecule has 0 saturated heterocycles. The minimum Gasteiger partial charge on any atom is -0.396 e. The molecule has 0 aliphatic rings. The first kappa shape index (κ1) is 16.2. The third-order valence-electron chi connectivity index (χ3n) is 4.51. The maximum atomic E-state index is 8.84. The van der Waals surface area contributed by atoms with Gasteiger partial charge in [-0.3, -0.25) is 0 Å². The van der Waals surface area contributed by atoms with Crippen LogP contribution in [0, 0.1) is 0 Å². The van der Waals surface area contributed by atoms with E-state index in [1.807, 2.05) is 18.5 Å². The van der Waals surface area contributed by atoms with Gasteiger partial charge in [0.1, 0.15) is 0 Å². The molecule has 0 saturated carbocycles. The molecule has 0 radical (unpaired) electrons. The smallest absolute Gasteiger partial charge is 0.0500 e. The maximum absolute atomic E-state index is 8.84. The number of fused-ring (bicyclic) bond motifs is 2. The van der Waals surface area contributed by atoms with Gasteiger partial charge in [0.25, 0.3) is 0 Å². The third-order valence-corrected chi connectivity index (χ3v) is 4.84. The van der Waals surface area contributed by atoms with Crippen LogP contribution in [0.1, 0.15) is 12.0 Å². The first-order valence-corrected chi connectivity index (χ1v) is 8.82. The molecule has 4 aromatic rings. The number of hydrogen-bond donors (Lipinski definition) is 4. The van der Waals surface area contributed by atoms with Crippen LogP contribution in [0.4, 0.5) is 0 Å². The molecule has 2 aromatic heterocycles. The Morgan fingerprint density at radius 3 is 2.80 bits per heavy atom. The number of halogens is 1. The second kappa shape index (κ2) is 6.92. The summed E-state index contributed by atoms with van der Waals surface area (Å²) in [5.41, 5.74) is 4.58. The van der Waals surface area contributed by atoms with Crippen LogP contribution < -0.4 is 5.32 Å². The molecule has 0 atom stereocenters. The Bertz CT molecular complexity index is 1020. The van der Waals surface area contributed by atoms with Crippen molar-refractivity contribution >= 4 is 33.3 Å². The predicted molar refractivity (Wildman–Crippen MR) is 104 cm³/mol. The molecule has 0 unspecified atom stereocenters. The molecule has 0 aliphatic carbocycles. The van der Waals surface area contributed by atoms with Gasteiger partial charge < -0.3 is 20.4 Å². The van der Waals surface area contributed by atoms with E-state index in [1.165, 1.54) is 10.9 Å². The van der Waals surface area contributed by atoms with Crippen molar-refractivity contribution in [2.45, 2.75) is 13.0 Å². The Hall–Kier alpha value is -2.27. The van der Waals surface area contributed by atoms with E-state index in [9.17, 15) is 0 Å². The van der Waals surface area contributed by atoms with E-state index in [2.05, 4.69) is 45.6 Å². The summed E-state index contributed by atoms with van der Waals surface area (Å²) in [6.07, 6.45) is 4.69. The monoisotopic (exact) mass is 353 g/mol. The summed E-state index contributed by atoms with van der Waals surface area (Å²) >= 11 is 6.28. The largest absolute Gasteiger partial charge is 0.396 e. The molecule has 0 fully saturated rings. The van der Waals surface area contributed by atoms with Crippen molar-refractivity contribution in [1.29, 1.82) is 0 Å². The van der Waals surface area contributed by atoms with Crippen molar-refractivity contribution in [1.82, 2.24) is 15.3 Å². The highest BCUT2D eigenvalue weighted by molar-refractivity contribution is 6.36. The van der Waals surface area contributed by atoms with Crippen LogP contribution in [0.15, 0.2) is 48.8 Å². The second-order valence-corrected chi connectivity index (χ2v) is 6.64. The Morgan fingerprint density at radius 1 is 1.04 bits per heavy atom. The van der Waals surface area contributed by atoms with Gasteiger partial charge in [-0.25, -0.2) is 0 Å². The quantitative estimate of drug-likeness (QED) is 0.387. The maximum Gasteiger partial charge on any atom is 0.0500 e. The van der Waals surface area contributed by atoms with E-state index in [0.29, 0.717) is 0 Å². The molecule has 0 amide bonds. The highest BCUT2D eigenvalue weighted by atomic mass is 35.5. The van der Waals surface area contributed by atoms with Gasteiger partial charge >= 0.3 is 0 Å². The molecule has 4 N–H and O–H groups in total. The lowest BCUT2D eigenvalue weighted by Crippen LogP contribution is -2.15. The van der Waals surface area contributed by atoms with E-state index < -0.39 is 0 Å². The molecule has 2 aromatic carbocycles. The first-order chi connectivity index (χ1) is 12.3. The Labute approximate surface area is 150 Å². The zero-order chi connectivity index (χ0) is 17.2. The van der Waals surface area contributed by atoms with Crippen molar-refractivity contribution in [3.8, 4) is 11.3 Å². The lowest BCUT2D eigenvalue weighted by Gasteiger charge is -2.03. The van der Waals surface area contributed by atoms with Crippen LogP contribution in [0.2, 0.25) is 5.02 Å². The summed E-state index contributed by atoms with van der Waals surface area (Å²) in [6, 6.07) is 12.6. The van der Waals surface area contributed by atoms with Crippen molar-refractivity contribution in [2.75, 3.05) is 13.2 Å². The van der Waals surface area contributed by atoms with Gasteiger partial charge in [-0.2, -0.15) is 0 Å². The fourth-order valence-electron chi connectivity index (χ4n) is 3.23. The summed E-state index contributed by atoms with van der Waals surface area (Å²) < 4.78 is 0. The van der Waals surface area contributed by atoms with Crippen molar-refractivity contribution in [3.63, 3.8) is 0 Å². The standard InChI is InChI=1S/C20H20ClN3O/c21-18-4-3-15(16-11-23-12-17(16)18)20-9-14-8-13(2-5-19(14)24-20)10-22-6-1-7-25/h2-5,8-9,11-12,22-25H,1,6-7,10H2. The Balaban J connectivity index is 1.66. The summed E-state index contributed by atoms with van der Waals surface area (Å²) in [4.78, 5) is 6.65. The van der Waals surface area contributed by atoms with Crippen LogP contribution >= 0.6 is 11.6 Å². The Kier molecular flexibility index (Phi) is 4.49. The van der Waals surface area contributed by atoms with Crippen molar-refractivity contribution in [2.24, 2.45) is 0 Å². The molecule has 2 heterocycles. The zero-order valence-corrected chi connectivity index (χ0v) is 14.5. The summed E-state index contributed by atoms with van der Waals surface area (Å²) in [5, 5.41) is 16.3. The van der Waals surface area contributed by atoms with Crippen LogP contribution in [-0.2, 0) is 6.54 Å². The normalized spacial score (nSPS) is 11.6. The SMILES string of the molecule is OCCCNCc1ccc2[nH]c(-c3ccc(Cl)c4c[nH]cc34)cc2c1. The number of H-pyrrole nitrogens is 2. The number of aromatic amines is 2. The van der Waals surface area contributed by atoms with Crippen LogP contribution in [0.5, 0.6) is 0 Å². The van der Waals surface area contributed by atoms with Crippen molar-refractivity contribution < 1.29 is 5.11 Å². The summed E-state index contributed by atoms with van der Waals surface area (Å²) in [5.74, 6) is 0. The van der Waals surface area contributed by atoms with Crippen LogP contribution in [0.25, 0.3) is 32.9 Å². The van der Waals surface area contributed by atoms with E-state index >= 15 is 0 Å². The van der Waals surface area contributed by atoms with Gasteiger partial charge in [0, 0.05) is 63.5 Å². The van der Waals surface area contributed by atoms with E-state index in [4.69, 9.17) is 16.7 Å². The van der Waals surface area contributed by atoms with Crippen LogP contribution in [-0.4, -0.2) is 28.2 Å². The molecule has 4 rings (SSSR count). The molecular weight excluding hydrogens is 334 g/mol. The van der Waals surface area contributed by atoms with Gasteiger partial charge in [-0.15, -0.1) is 0 Å². The lowest BCUT2D eigenvalue weighted by atomic mass is 10.1. The van der Waals surface area contributed by atoms with E-state index in [1.54, 1.807) is 0 Å². The second-order valence-electron chi connectivity index (χ2n) is 6.24. The Morgan fingerprint density at radius 2 is 1.92 bits per heavy atom. The first-order valence-electron chi connectivity index (χ1n) is 8.45. The lowest BCUT2D eigenvalue weighted by molar-refractivity contribution is 0.286. The fourth-order valence-corrected chi connectivity index (χ4v) is 3.45. The number of benzene rings is 2. The molecule has 25 heavy (non-hydrogen) atoms. The minimum atomic E-state index is 0.224. The number of aliphatic hydroxyl groups excluding tert-OH is 1. The molecule has 128 valence electrons. The predicted octanol–water partition coefficient (Wildman–Crippen LogP) is 4.44. The van der Waals surface area contributed by atoms with Crippen LogP contribution in [0.3, 0.4) is 0 Å². The van der Waals surface area contributed by atoms with Crippen molar-refractivity contribution in [3.05, 3.63) is 59.4 Å². The van der Waals surface area contributed by atoms with E-state index in [-0.39, 0.29) is 6.61 Å². The molecule has 5 heteroatoms. The van der Waals surface area contributed by atoms with Gasteiger partial charge in [-0.1, -0.05) is 23.7 Å². The number of rotatable bonds is 6. The molecule has 4 nitrogen and oxygen atoms in total. The van der Waals surface area contributed by atoms with Gasteiger partial charge in [-0.05, 0) is 42.8 Å². The molecule has 0 bridgehead atoms. The molecular formula is C20H20ClN3O. The summed E-state index contributed by atoms with van der Waals surface area (Å²) in [7, 11) is 0. The zero-order valence-electron chi connectivity index (χ0n) is 13.8. The molecule has 0 aliphatic heterocycles. The highest BCUT2D eigenvalue weighted by Crippen LogP contribution is 2.34. The number of aliphatic hydroxyl groups is 1.